The summed E-state index contributed by atoms with van der Waals surface area (Å²) in [6, 6.07) is 2.58. The number of methoxy groups -OCH3 is 1. The third-order valence-corrected chi connectivity index (χ3v) is 2.24. The van der Waals surface area contributed by atoms with Crippen LogP contribution in [0.3, 0.4) is 0 Å². The van der Waals surface area contributed by atoms with Crippen molar-refractivity contribution in [3.63, 3.8) is 0 Å². The van der Waals surface area contributed by atoms with E-state index in [1.807, 2.05) is 0 Å². The first-order chi connectivity index (χ1) is 8.67. The molecule has 1 rings (SSSR count). The van der Waals surface area contributed by atoms with Crippen LogP contribution in [0.2, 0.25) is 0 Å². The zero-order valence-corrected chi connectivity index (χ0v) is 11.3. The molecule has 0 radical (unpaired) electrons. The molecule has 6 nitrogen and oxygen atoms in total. The van der Waals surface area contributed by atoms with Crippen molar-refractivity contribution < 1.29 is 24.2 Å². The second-order valence-electron chi connectivity index (χ2n) is 4.92. The molecule has 1 aromatic carbocycles. The number of anilines is 1. The predicted octanol–water partition coefficient (Wildman–Crippen LogP) is 1.72. The third kappa shape index (κ3) is 3.37. The molecule has 0 fully saturated rings. The Morgan fingerprint density at radius 1 is 1.16 bits per heavy atom. The third-order valence-electron chi connectivity index (χ3n) is 2.24. The smallest absolute Gasteiger partial charge is 0.341 e. The molecule has 6 heteroatoms. The summed E-state index contributed by atoms with van der Waals surface area (Å²) in [5, 5.41) is 9.79. The summed E-state index contributed by atoms with van der Waals surface area (Å²) in [6.45, 7) is 5.14. The maximum absolute atomic E-state index is 11.9. The fraction of sp³-hybridized carbons (Fsp3) is 0.385. The monoisotopic (exact) mass is 267 g/mol. The van der Waals surface area contributed by atoms with Gasteiger partial charge in [-0.15, -0.1) is 0 Å². The maximum Gasteiger partial charge on any atom is 0.341 e. The average Bonchev–Trinajstić information content (AvgIpc) is 2.29. The number of carbonyl (C=O) groups excluding carboxylic acids is 2. The van der Waals surface area contributed by atoms with Crippen LogP contribution in [0, 0.1) is 0 Å². The number of phenols is 1. The van der Waals surface area contributed by atoms with Gasteiger partial charge in [0.05, 0.1) is 18.4 Å². The van der Waals surface area contributed by atoms with E-state index in [0.29, 0.717) is 0 Å². The number of nitrogens with two attached hydrogens (primary N) is 1. The summed E-state index contributed by atoms with van der Waals surface area (Å²) >= 11 is 0. The molecule has 0 saturated carbocycles. The number of esters is 2. The van der Waals surface area contributed by atoms with Crippen molar-refractivity contribution in [2.45, 2.75) is 26.4 Å². The molecule has 0 amide bonds. The maximum atomic E-state index is 11.9. The average molecular weight is 267 g/mol. The highest BCUT2D eigenvalue weighted by atomic mass is 16.6. The molecule has 0 unspecified atom stereocenters. The minimum atomic E-state index is -0.736. The van der Waals surface area contributed by atoms with Gasteiger partial charge in [0, 0.05) is 0 Å². The van der Waals surface area contributed by atoms with Gasteiger partial charge in [-0.05, 0) is 32.9 Å². The standard InChI is InChI=1S/C13H17NO5/c1-13(2,3)19-12(17)7-5-6-8(11(16)18-4)10(15)9(7)14/h5-6,15H,14H2,1-4H3. The second-order valence-corrected chi connectivity index (χ2v) is 4.92. The highest BCUT2D eigenvalue weighted by Crippen LogP contribution is 2.30. The van der Waals surface area contributed by atoms with E-state index in [0.717, 1.165) is 0 Å². The Hall–Kier alpha value is -2.24. The first kappa shape index (κ1) is 14.8. The molecule has 104 valence electrons. The number of benzene rings is 1. The van der Waals surface area contributed by atoms with Crippen molar-refractivity contribution in [2.75, 3.05) is 12.8 Å². The highest BCUT2D eigenvalue weighted by molar-refractivity contribution is 6.01. The number of rotatable bonds is 2. The quantitative estimate of drug-likeness (QED) is 0.481. The van der Waals surface area contributed by atoms with E-state index in [4.69, 9.17) is 10.5 Å². The lowest BCUT2D eigenvalue weighted by Crippen LogP contribution is -2.24. The van der Waals surface area contributed by atoms with E-state index in [9.17, 15) is 14.7 Å². The Morgan fingerprint density at radius 2 is 1.68 bits per heavy atom. The lowest BCUT2D eigenvalue weighted by Gasteiger charge is -2.20. The van der Waals surface area contributed by atoms with Crippen LogP contribution in [0.15, 0.2) is 12.1 Å². The molecular weight excluding hydrogens is 250 g/mol. The minimum absolute atomic E-state index is 0.0000723. The van der Waals surface area contributed by atoms with Gasteiger partial charge in [-0.25, -0.2) is 9.59 Å². The lowest BCUT2D eigenvalue weighted by atomic mass is 10.1. The van der Waals surface area contributed by atoms with Crippen LogP contribution >= 0.6 is 0 Å². The van der Waals surface area contributed by atoms with Gasteiger partial charge in [-0.3, -0.25) is 0 Å². The van der Waals surface area contributed by atoms with E-state index >= 15 is 0 Å². The van der Waals surface area contributed by atoms with Crippen molar-refractivity contribution in [1.82, 2.24) is 0 Å². The zero-order valence-electron chi connectivity index (χ0n) is 11.3. The molecule has 1 aromatic rings. The van der Waals surface area contributed by atoms with E-state index < -0.39 is 23.3 Å². The molecule has 0 aliphatic heterocycles. The normalized spacial score (nSPS) is 10.9. The van der Waals surface area contributed by atoms with Crippen molar-refractivity contribution in [3.8, 4) is 5.75 Å². The Morgan fingerprint density at radius 3 is 2.16 bits per heavy atom. The number of nitrogen functional groups attached to an aromatic ring is 1. The Kier molecular flexibility index (Phi) is 4.04. The van der Waals surface area contributed by atoms with Crippen LogP contribution in [0.4, 0.5) is 5.69 Å². The molecule has 0 bridgehead atoms. The Bertz CT molecular complexity index is 517. The topological polar surface area (TPSA) is 98.9 Å². The predicted molar refractivity (Wildman–Crippen MR) is 69.0 cm³/mol. The van der Waals surface area contributed by atoms with Crippen molar-refractivity contribution in [2.24, 2.45) is 0 Å². The summed E-state index contributed by atoms with van der Waals surface area (Å²) in [5.74, 6) is -1.90. The van der Waals surface area contributed by atoms with E-state index in [2.05, 4.69) is 4.74 Å². The van der Waals surface area contributed by atoms with Gasteiger partial charge in [-0.1, -0.05) is 0 Å². The Labute approximate surface area is 111 Å². The van der Waals surface area contributed by atoms with Gasteiger partial charge in [0.1, 0.15) is 11.2 Å². The van der Waals surface area contributed by atoms with Crippen LogP contribution < -0.4 is 5.73 Å². The molecule has 0 heterocycles. The fourth-order valence-electron chi connectivity index (χ4n) is 1.39. The minimum Gasteiger partial charge on any atom is -0.505 e. The van der Waals surface area contributed by atoms with Gasteiger partial charge < -0.3 is 20.3 Å². The largest absolute Gasteiger partial charge is 0.505 e. The summed E-state index contributed by atoms with van der Waals surface area (Å²) in [5.41, 5.74) is 4.64. The first-order valence-electron chi connectivity index (χ1n) is 5.60. The number of phenolic OH excluding ortho intramolecular Hbond substituents is 1. The molecule has 3 N–H and O–H groups in total. The number of hydrogen-bond acceptors (Lipinski definition) is 6. The molecule has 0 aromatic heterocycles. The highest BCUT2D eigenvalue weighted by Gasteiger charge is 2.23. The summed E-state index contributed by atoms with van der Waals surface area (Å²) in [4.78, 5) is 23.2. The molecule has 0 aliphatic carbocycles. The molecule has 0 saturated heterocycles. The van der Waals surface area contributed by atoms with E-state index in [1.54, 1.807) is 20.8 Å². The number of aromatic hydroxyl groups is 1. The SMILES string of the molecule is COC(=O)c1ccc(C(=O)OC(C)(C)C)c(N)c1O. The second kappa shape index (κ2) is 5.17. The summed E-state index contributed by atoms with van der Waals surface area (Å²) in [7, 11) is 1.18. The van der Waals surface area contributed by atoms with Crippen LogP contribution in [0.5, 0.6) is 5.75 Å². The van der Waals surface area contributed by atoms with Gasteiger partial charge in [0.15, 0.2) is 5.75 Å². The van der Waals surface area contributed by atoms with Gasteiger partial charge in [-0.2, -0.15) is 0 Å². The van der Waals surface area contributed by atoms with E-state index in [-0.39, 0.29) is 16.8 Å². The number of ether oxygens (including phenoxy) is 2. The van der Waals surface area contributed by atoms with Crippen molar-refractivity contribution in [1.29, 1.82) is 0 Å². The fourth-order valence-corrected chi connectivity index (χ4v) is 1.39. The number of hydrogen-bond donors (Lipinski definition) is 2. The zero-order chi connectivity index (χ0) is 14.8. The molecule has 0 atom stereocenters. The van der Waals surface area contributed by atoms with Gasteiger partial charge in [0.25, 0.3) is 0 Å². The van der Waals surface area contributed by atoms with Crippen molar-refractivity contribution in [3.05, 3.63) is 23.3 Å². The summed E-state index contributed by atoms with van der Waals surface area (Å²) in [6.07, 6.45) is 0. The van der Waals surface area contributed by atoms with Gasteiger partial charge >= 0.3 is 11.9 Å². The van der Waals surface area contributed by atoms with Crippen molar-refractivity contribution >= 4 is 17.6 Å². The van der Waals surface area contributed by atoms with Crippen LogP contribution in [0.25, 0.3) is 0 Å². The Balaban J connectivity index is 3.16. The van der Waals surface area contributed by atoms with Crippen LogP contribution in [-0.2, 0) is 9.47 Å². The lowest BCUT2D eigenvalue weighted by molar-refractivity contribution is 0.00700. The molecule has 19 heavy (non-hydrogen) atoms. The molecule has 0 aliphatic rings. The molecular formula is C13H17NO5. The summed E-state index contributed by atoms with van der Waals surface area (Å²) < 4.78 is 9.62. The van der Waals surface area contributed by atoms with Crippen LogP contribution in [-0.4, -0.2) is 29.8 Å². The van der Waals surface area contributed by atoms with Crippen LogP contribution in [0.1, 0.15) is 41.5 Å². The number of carbonyl (C=O) groups is 2. The first-order valence-corrected chi connectivity index (χ1v) is 5.60. The molecule has 0 spiro atoms. The van der Waals surface area contributed by atoms with E-state index in [1.165, 1.54) is 19.2 Å². The van der Waals surface area contributed by atoms with Gasteiger partial charge in [0.2, 0.25) is 0 Å².